The highest BCUT2D eigenvalue weighted by Gasteiger charge is 2.41. The molecule has 2 saturated carbocycles. The van der Waals surface area contributed by atoms with Gasteiger partial charge in [0.25, 0.3) is 0 Å². The van der Waals surface area contributed by atoms with Crippen molar-refractivity contribution in [2.75, 3.05) is 0 Å². The standard InChI is InChI=1S/C18H30S/c1-13-7-2-5-12-16(13)17(14-8-3-4-9-14)18(19)15-10-6-11-15/h3,8,13-19H,2,4-7,9-12H2,1H3. The van der Waals surface area contributed by atoms with Crippen LogP contribution in [0.2, 0.25) is 0 Å². The van der Waals surface area contributed by atoms with Crippen LogP contribution in [-0.4, -0.2) is 5.25 Å². The molecular formula is C18H30S. The Bertz CT molecular complexity index is 318. The first-order valence-corrected chi connectivity index (χ1v) is 9.13. The van der Waals surface area contributed by atoms with Gasteiger partial charge in [-0.25, -0.2) is 0 Å². The second-order valence-corrected chi connectivity index (χ2v) is 7.95. The molecule has 0 amide bonds. The van der Waals surface area contributed by atoms with Gasteiger partial charge in [-0.05, 0) is 61.7 Å². The molecule has 19 heavy (non-hydrogen) atoms. The van der Waals surface area contributed by atoms with Crippen LogP contribution in [0.3, 0.4) is 0 Å². The van der Waals surface area contributed by atoms with Crippen LogP contribution in [0.1, 0.15) is 64.7 Å². The lowest BCUT2D eigenvalue weighted by Crippen LogP contribution is -2.40. The maximum atomic E-state index is 5.14. The fraction of sp³-hybridized carbons (Fsp3) is 0.889. The van der Waals surface area contributed by atoms with Crippen molar-refractivity contribution in [3.8, 4) is 0 Å². The van der Waals surface area contributed by atoms with E-state index in [4.69, 9.17) is 12.6 Å². The van der Waals surface area contributed by atoms with E-state index < -0.39 is 0 Å². The van der Waals surface area contributed by atoms with Crippen LogP contribution < -0.4 is 0 Å². The Morgan fingerprint density at radius 2 is 1.79 bits per heavy atom. The predicted molar refractivity (Wildman–Crippen MR) is 86.6 cm³/mol. The summed E-state index contributed by atoms with van der Waals surface area (Å²) in [5, 5.41) is 0.673. The molecule has 0 aromatic carbocycles. The average Bonchev–Trinajstić information content (AvgIpc) is 2.83. The van der Waals surface area contributed by atoms with E-state index in [1.54, 1.807) is 0 Å². The van der Waals surface area contributed by atoms with E-state index in [1.165, 1.54) is 57.8 Å². The molecule has 5 atom stereocenters. The van der Waals surface area contributed by atoms with Gasteiger partial charge in [0.1, 0.15) is 0 Å². The van der Waals surface area contributed by atoms with Gasteiger partial charge in [0.2, 0.25) is 0 Å². The van der Waals surface area contributed by atoms with Gasteiger partial charge in [-0.3, -0.25) is 0 Å². The third-order valence-electron chi connectivity index (χ3n) is 6.24. The molecule has 0 aromatic rings. The summed E-state index contributed by atoms with van der Waals surface area (Å²) in [5.41, 5.74) is 0. The van der Waals surface area contributed by atoms with Gasteiger partial charge >= 0.3 is 0 Å². The van der Waals surface area contributed by atoms with Gasteiger partial charge in [0, 0.05) is 5.25 Å². The Balaban J connectivity index is 1.75. The van der Waals surface area contributed by atoms with Crippen molar-refractivity contribution in [1.82, 2.24) is 0 Å². The molecular weight excluding hydrogens is 248 g/mol. The number of allylic oxidation sites excluding steroid dienone is 2. The quantitative estimate of drug-likeness (QED) is 0.510. The van der Waals surface area contributed by atoms with E-state index in [0.29, 0.717) is 5.25 Å². The number of rotatable bonds is 4. The van der Waals surface area contributed by atoms with Crippen molar-refractivity contribution in [1.29, 1.82) is 0 Å². The number of hydrogen-bond donors (Lipinski definition) is 1. The van der Waals surface area contributed by atoms with E-state index in [-0.39, 0.29) is 0 Å². The third kappa shape index (κ3) is 2.91. The first kappa shape index (κ1) is 14.0. The van der Waals surface area contributed by atoms with Crippen molar-refractivity contribution in [2.45, 2.75) is 70.0 Å². The van der Waals surface area contributed by atoms with Gasteiger partial charge in [-0.1, -0.05) is 44.8 Å². The van der Waals surface area contributed by atoms with Gasteiger partial charge in [-0.2, -0.15) is 12.6 Å². The molecule has 5 unspecified atom stereocenters. The molecule has 3 aliphatic carbocycles. The molecule has 1 heteroatoms. The molecule has 0 heterocycles. The van der Waals surface area contributed by atoms with E-state index in [0.717, 1.165) is 29.6 Å². The maximum absolute atomic E-state index is 5.14. The van der Waals surface area contributed by atoms with Gasteiger partial charge in [-0.15, -0.1) is 0 Å². The molecule has 0 bridgehead atoms. The monoisotopic (exact) mass is 278 g/mol. The summed E-state index contributed by atoms with van der Waals surface area (Å²) in [5.74, 6) is 4.51. The SMILES string of the molecule is CC1CCCCC1C(C1C=CCC1)C(S)C1CCC1. The molecule has 0 nitrogen and oxygen atoms in total. The molecule has 2 fully saturated rings. The summed E-state index contributed by atoms with van der Waals surface area (Å²) < 4.78 is 0. The zero-order chi connectivity index (χ0) is 13.2. The molecule has 0 spiro atoms. The van der Waals surface area contributed by atoms with E-state index in [1.807, 2.05) is 0 Å². The number of thiol groups is 1. The Kier molecular flexibility index (Phi) is 4.62. The highest BCUT2D eigenvalue weighted by Crippen LogP contribution is 2.48. The molecule has 108 valence electrons. The number of hydrogen-bond acceptors (Lipinski definition) is 1. The van der Waals surface area contributed by atoms with Crippen molar-refractivity contribution in [2.24, 2.45) is 29.6 Å². The Labute approximate surface area is 124 Å². The smallest absolute Gasteiger partial charge is 0.00817 e. The lowest BCUT2D eigenvalue weighted by atomic mass is 9.64. The second kappa shape index (κ2) is 6.24. The Morgan fingerprint density at radius 3 is 2.37 bits per heavy atom. The summed E-state index contributed by atoms with van der Waals surface area (Å²) in [4.78, 5) is 0. The first-order chi connectivity index (χ1) is 9.27. The second-order valence-electron chi connectivity index (χ2n) is 7.35. The highest BCUT2D eigenvalue weighted by atomic mass is 32.1. The predicted octanol–water partition coefficient (Wildman–Crippen LogP) is 5.49. The first-order valence-electron chi connectivity index (χ1n) is 8.62. The lowest BCUT2D eigenvalue weighted by Gasteiger charge is -2.45. The largest absolute Gasteiger partial charge is 0.175 e. The summed E-state index contributed by atoms with van der Waals surface area (Å²) >= 11 is 5.14. The summed E-state index contributed by atoms with van der Waals surface area (Å²) in [7, 11) is 0. The maximum Gasteiger partial charge on any atom is 0.00817 e. The van der Waals surface area contributed by atoms with Crippen LogP contribution in [0.15, 0.2) is 12.2 Å². The van der Waals surface area contributed by atoms with Gasteiger partial charge < -0.3 is 0 Å². The lowest BCUT2D eigenvalue weighted by molar-refractivity contribution is 0.107. The van der Waals surface area contributed by atoms with E-state index in [2.05, 4.69) is 19.1 Å². The molecule has 0 aromatic heterocycles. The molecule has 3 aliphatic rings. The van der Waals surface area contributed by atoms with E-state index in [9.17, 15) is 0 Å². The molecule has 3 rings (SSSR count). The van der Waals surface area contributed by atoms with E-state index >= 15 is 0 Å². The van der Waals surface area contributed by atoms with Gasteiger partial charge in [0.05, 0.1) is 0 Å². The minimum Gasteiger partial charge on any atom is -0.175 e. The minimum atomic E-state index is 0.673. The van der Waals surface area contributed by atoms with Crippen LogP contribution in [-0.2, 0) is 0 Å². The van der Waals surface area contributed by atoms with Crippen molar-refractivity contribution in [3.63, 3.8) is 0 Å². The zero-order valence-corrected chi connectivity index (χ0v) is 13.3. The van der Waals surface area contributed by atoms with Crippen LogP contribution in [0.4, 0.5) is 0 Å². The van der Waals surface area contributed by atoms with Crippen LogP contribution in [0.5, 0.6) is 0 Å². The summed E-state index contributed by atoms with van der Waals surface area (Å²) in [6.07, 6.45) is 17.9. The van der Waals surface area contributed by atoms with Crippen molar-refractivity contribution in [3.05, 3.63) is 12.2 Å². The molecule has 0 aliphatic heterocycles. The minimum absolute atomic E-state index is 0.673. The highest BCUT2D eigenvalue weighted by molar-refractivity contribution is 7.81. The summed E-state index contributed by atoms with van der Waals surface area (Å²) in [6.45, 7) is 2.51. The zero-order valence-electron chi connectivity index (χ0n) is 12.4. The summed E-state index contributed by atoms with van der Waals surface area (Å²) in [6, 6.07) is 0. The average molecular weight is 279 g/mol. The third-order valence-corrected chi connectivity index (χ3v) is 7.01. The fourth-order valence-electron chi connectivity index (χ4n) is 4.81. The van der Waals surface area contributed by atoms with Crippen molar-refractivity contribution >= 4 is 12.6 Å². The molecule has 0 N–H and O–H groups in total. The topological polar surface area (TPSA) is 0 Å². The van der Waals surface area contributed by atoms with Gasteiger partial charge in [0.15, 0.2) is 0 Å². The molecule has 0 radical (unpaired) electrons. The van der Waals surface area contributed by atoms with Crippen LogP contribution >= 0.6 is 12.6 Å². The van der Waals surface area contributed by atoms with Crippen LogP contribution in [0, 0.1) is 29.6 Å². The molecule has 0 saturated heterocycles. The van der Waals surface area contributed by atoms with Crippen molar-refractivity contribution < 1.29 is 0 Å². The Morgan fingerprint density at radius 1 is 1.00 bits per heavy atom. The Hall–Kier alpha value is 0.0900. The fourth-order valence-corrected chi connectivity index (χ4v) is 5.55. The normalized spacial score (nSPS) is 38.9. The van der Waals surface area contributed by atoms with Crippen LogP contribution in [0.25, 0.3) is 0 Å².